The highest BCUT2D eigenvalue weighted by atomic mass is 35.5. The molecule has 2 rings (SSSR count). The first-order valence-corrected chi connectivity index (χ1v) is 9.89. The molecule has 1 atom stereocenters. The Morgan fingerprint density at radius 1 is 1.07 bits per heavy atom. The van der Waals surface area contributed by atoms with Crippen molar-refractivity contribution in [1.82, 2.24) is 5.32 Å². The molecular formula is C22H26ClNO4. The highest BCUT2D eigenvalue weighted by Crippen LogP contribution is 2.17. The maximum atomic E-state index is 12.1. The summed E-state index contributed by atoms with van der Waals surface area (Å²) in [6.45, 7) is 2.57. The van der Waals surface area contributed by atoms with Crippen molar-refractivity contribution in [3.05, 3.63) is 64.7 Å². The third-order valence-electron chi connectivity index (χ3n) is 4.35. The SMILES string of the molecule is CCCCCC(Oc1ccc(CCNC(=O)c2ccc(Cl)cc2)cc1)C(=O)O. The number of carbonyl (C=O) groups excluding carboxylic acids is 1. The normalized spacial score (nSPS) is 11.6. The van der Waals surface area contributed by atoms with Gasteiger partial charge in [0, 0.05) is 17.1 Å². The molecule has 0 aliphatic rings. The van der Waals surface area contributed by atoms with Crippen LogP contribution in [0.4, 0.5) is 0 Å². The number of unbranched alkanes of at least 4 members (excludes halogenated alkanes) is 2. The Kier molecular flexibility index (Phi) is 8.82. The third-order valence-corrected chi connectivity index (χ3v) is 4.60. The van der Waals surface area contributed by atoms with E-state index in [1.54, 1.807) is 36.4 Å². The summed E-state index contributed by atoms with van der Waals surface area (Å²) in [5.41, 5.74) is 1.59. The van der Waals surface area contributed by atoms with Gasteiger partial charge in [-0.15, -0.1) is 0 Å². The molecule has 2 aromatic carbocycles. The number of ether oxygens (including phenoxy) is 1. The molecule has 1 unspecified atom stereocenters. The molecule has 0 saturated heterocycles. The van der Waals surface area contributed by atoms with E-state index in [9.17, 15) is 14.7 Å². The van der Waals surface area contributed by atoms with Crippen LogP contribution in [0.5, 0.6) is 5.75 Å². The predicted molar refractivity (Wildman–Crippen MR) is 110 cm³/mol. The van der Waals surface area contributed by atoms with Crippen molar-refractivity contribution in [1.29, 1.82) is 0 Å². The Balaban J connectivity index is 1.80. The molecule has 150 valence electrons. The van der Waals surface area contributed by atoms with Crippen LogP contribution in [0, 0.1) is 0 Å². The zero-order valence-corrected chi connectivity index (χ0v) is 16.7. The summed E-state index contributed by atoms with van der Waals surface area (Å²) in [6, 6.07) is 14.0. The zero-order valence-electron chi connectivity index (χ0n) is 16.0. The standard InChI is InChI=1S/C22H26ClNO4/c1-2-3-4-5-20(22(26)27)28-19-12-6-16(7-13-19)14-15-24-21(25)17-8-10-18(23)11-9-17/h6-13,20H,2-5,14-15H2,1H3,(H,24,25)(H,26,27). The van der Waals surface area contributed by atoms with E-state index in [0.717, 1.165) is 24.8 Å². The summed E-state index contributed by atoms with van der Waals surface area (Å²) in [5.74, 6) is -0.545. The van der Waals surface area contributed by atoms with Gasteiger partial charge in [0.2, 0.25) is 0 Å². The average molecular weight is 404 g/mol. The molecule has 0 fully saturated rings. The molecule has 0 aliphatic heterocycles. The molecule has 2 aromatic rings. The second-order valence-electron chi connectivity index (χ2n) is 6.60. The maximum absolute atomic E-state index is 12.1. The minimum atomic E-state index is -0.940. The number of rotatable bonds is 11. The van der Waals surface area contributed by atoms with Gasteiger partial charge in [-0.05, 0) is 61.2 Å². The molecular weight excluding hydrogens is 378 g/mol. The topological polar surface area (TPSA) is 75.6 Å². The lowest BCUT2D eigenvalue weighted by atomic mass is 10.1. The van der Waals surface area contributed by atoms with Crippen LogP contribution in [0.3, 0.4) is 0 Å². The fourth-order valence-electron chi connectivity index (χ4n) is 2.74. The summed E-state index contributed by atoms with van der Waals surface area (Å²) in [5, 5.41) is 12.8. The fraction of sp³-hybridized carbons (Fsp3) is 0.364. The van der Waals surface area contributed by atoms with Crippen molar-refractivity contribution in [2.45, 2.75) is 45.1 Å². The first-order chi connectivity index (χ1) is 13.5. The molecule has 2 N–H and O–H groups in total. The summed E-state index contributed by atoms with van der Waals surface area (Å²) in [7, 11) is 0. The quantitative estimate of drug-likeness (QED) is 0.532. The Labute approximate surface area is 170 Å². The van der Waals surface area contributed by atoms with Gasteiger partial charge in [-0.1, -0.05) is 43.5 Å². The average Bonchev–Trinajstić information content (AvgIpc) is 2.69. The first kappa shape index (κ1) is 21.8. The van der Waals surface area contributed by atoms with Gasteiger partial charge in [-0.25, -0.2) is 4.79 Å². The van der Waals surface area contributed by atoms with Gasteiger partial charge in [0.15, 0.2) is 6.10 Å². The van der Waals surface area contributed by atoms with Gasteiger partial charge in [-0.3, -0.25) is 4.79 Å². The van der Waals surface area contributed by atoms with Gasteiger partial charge in [0.25, 0.3) is 5.91 Å². The van der Waals surface area contributed by atoms with Crippen molar-refractivity contribution in [3.8, 4) is 5.75 Å². The minimum absolute atomic E-state index is 0.145. The second kappa shape index (κ2) is 11.3. The van der Waals surface area contributed by atoms with Crippen molar-refractivity contribution in [2.75, 3.05) is 6.54 Å². The number of hydrogen-bond donors (Lipinski definition) is 2. The second-order valence-corrected chi connectivity index (χ2v) is 7.03. The van der Waals surface area contributed by atoms with Crippen LogP contribution in [0.15, 0.2) is 48.5 Å². The molecule has 1 amide bonds. The van der Waals surface area contributed by atoms with E-state index in [1.165, 1.54) is 0 Å². The Bertz CT molecular complexity index is 759. The number of aliphatic carboxylic acids is 1. The summed E-state index contributed by atoms with van der Waals surface area (Å²) >= 11 is 5.82. The first-order valence-electron chi connectivity index (χ1n) is 9.51. The van der Waals surface area contributed by atoms with E-state index in [2.05, 4.69) is 12.2 Å². The lowest BCUT2D eigenvalue weighted by Gasteiger charge is -2.15. The summed E-state index contributed by atoms with van der Waals surface area (Å²) in [6.07, 6.45) is 3.21. The largest absolute Gasteiger partial charge is 0.479 e. The summed E-state index contributed by atoms with van der Waals surface area (Å²) in [4.78, 5) is 23.4. The summed E-state index contributed by atoms with van der Waals surface area (Å²) < 4.78 is 5.61. The number of benzene rings is 2. The highest BCUT2D eigenvalue weighted by Gasteiger charge is 2.18. The minimum Gasteiger partial charge on any atom is -0.479 e. The van der Waals surface area contributed by atoms with Crippen LogP contribution in [-0.2, 0) is 11.2 Å². The monoisotopic (exact) mass is 403 g/mol. The zero-order chi connectivity index (χ0) is 20.4. The fourth-order valence-corrected chi connectivity index (χ4v) is 2.86. The smallest absolute Gasteiger partial charge is 0.344 e. The lowest BCUT2D eigenvalue weighted by Crippen LogP contribution is -2.27. The molecule has 0 bridgehead atoms. The molecule has 0 aliphatic carbocycles. The van der Waals surface area contributed by atoms with Crippen molar-refractivity contribution >= 4 is 23.5 Å². The van der Waals surface area contributed by atoms with Crippen molar-refractivity contribution in [2.24, 2.45) is 0 Å². The van der Waals surface area contributed by atoms with E-state index in [1.807, 2.05) is 12.1 Å². The molecule has 0 saturated carbocycles. The Morgan fingerprint density at radius 2 is 1.75 bits per heavy atom. The molecule has 5 nitrogen and oxygen atoms in total. The van der Waals surface area contributed by atoms with Gasteiger partial charge in [0.05, 0.1) is 0 Å². The molecule has 0 radical (unpaired) electrons. The number of halogens is 1. The van der Waals surface area contributed by atoms with Crippen molar-refractivity contribution in [3.63, 3.8) is 0 Å². The van der Waals surface area contributed by atoms with Crippen LogP contribution in [0.1, 0.15) is 48.5 Å². The predicted octanol–water partition coefficient (Wildman–Crippen LogP) is 4.72. The highest BCUT2D eigenvalue weighted by molar-refractivity contribution is 6.30. The van der Waals surface area contributed by atoms with Crippen LogP contribution >= 0.6 is 11.6 Å². The van der Waals surface area contributed by atoms with Crippen LogP contribution in [0.25, 0.3) is 0 Å². The Hall–Kier alpha value is -2.53. The van der Waals surface area contributed by atoms with Crippen LogP contribution < -0.4 is 10.1 Å². The van der Waals surface area contributed by atoms with Gasteiger partial charge >= 0.3 is 5.97 Å². The third kappa shape index (κ3) is 7.24. The van der Waals surface area contributed by atoms with Crippen LogP contribution in [0.2, 0.25) is 5.02 Å². The van der Waals surface area contributed by atoms with Crippen molar-refractivity contribution < 1.29 is 19.4 Å². The van der Waals surface area contributed by atoms with E-state index in [0.29, 0.717) is 35.7 Å². The Morgan fingerprint density at radius 3 is 2.36 bits per heavy atom. The molecule has 0 heterocycles. The van der Waals surface area contributed by atoms with Gasteiger partial charge in [0.1, 0.15) is 5.75 Å². The van der Waals surface area contributed by atoms with Crippen LogP contribution in [-0.4, -0.2) is 29.6 Å². The maximum Gasteiger partial charge on any atom is 0.344 e. The molecule has 6 heteroatoms. The number of amides is 1. The number of hydrogen-bond acceptors (Lipinski definition) is 3. The number of carboxylic acid groups (broad SMARTS) is 1. The lowest BCUT2D eigenvalue weighted by molar-refractivity contribution is -0.145. The molecule has 28 heavy (non-hydrogen) atoms. The number of carboxylic acids is 1. The van der Waals surface area contributed by atoms with E-state index >= 15 is 0 Å². The molecule has 0 spiro atoms. The van der Waals surface area contributed by atoms with Gasteiger partial charge < -0.3 is 15.2 Å². The van der Waals surface area contributed by atoms with E-state index in [4.69, 9.17) is 16.3 Å². The van der Waals surface area contributed by atoms with E-state index < -0.39 is 12.1 Å². The number of carbonyl (C=O) groups is 2. The van der Waals surface area contributed by atoms with Gasteiger partial charge in [-0.2, -0.15) is 0 Å². The van der Waals surface area contributed by atoms with E-state index in [-0.39, 0.29) is 5.91 Å². The number of nitrogens with one attached hydrogen (secondary N) is 1. The molecule has 0 aromatic heterocycles.